The van der Waals surface area contributed by atoms with Crippen LogP contribution in [-0.2, 0) is 4.79 Å². The molecule has 4 heterocycles. The fraction of sp³-hybridized carbons (Fsp3) is 0.435. The molecular weight excluding hydrogens is 394 g/mol. The van der Waals surface area contributed by atoms with Gasteiger partial charge in [-0.2, -0.15) is 0 Å². The van der Waals surface area contributed by atoms with Gasteiger partial charge in [-0.1, -0.05) is 18.2 Å². The number of anilines is 1. The number of carbonyl (C=O) groups is 1. The van der Waals surface area contributed by atoms with Gasteiger partial charge in [0.1, 0.15) is 26.2 Å². The first-order valence-electron chi connectivity index (χ1n) is 10.9. The number of rotatable bonds is 4. The van der Waals surface area contributed by atoms with Gasteiger partial charge in [0.25, 0.3) is 11.7 Å². The number of likely N-dealkylation sites (tertiary alicyclic amines) is 1. The van der Waals surface area contributed by atoms with Crippen molar-refractivity contribution in [2.45, 2.75) is 18.8 Å². The fourth-order valence-electron chi connectivity index (χ4n) is 4.62. The number of nitrogens with zero attached hydrogens (tertiary/aromatic N) is 3. The number of aromatic nitrogens is 2. The zero-order chi connectivity index (χ0) is 20.3. The van der Waals surface area contributed by atoms with Crippen LogP contribution in [0.4, 0.5) is 5.82 Å². The standard InChI is InChI=1S/C23H27N5OS/c29-22(17-26-12-14-27(15-13-26)21-9-3-4-10-24-21)28-11-5-6-18(16-28)23-25-19-7-1-2-8-20(19)30-23/h1-4,7-10,18H,5-6,11-17H2/p+2/t18-/m0/s1. The van der Waals surface area contributed by atoms with E-state index in [1.807, 2.05) is 18.3 Å². The third kappa shape index (κ3) is 4.18. The van der Waals surface area contributed by atoms with Crippen molar-refractivity contribution >= 4 is 33.3 Å². The Kier molecular flexibility index (Phi) is 5.64. The predicted octanol–water partition coefficient (Wildman–Crippen LogP) is 1.22. The van der Waals surface area contributed by atoms with Crippen LogP contribution in [0.25, 0.3) is 10.2 Å². The number of hydrogen-bond acceptors (Lipinski definition) is 4. The second-order valence-corrected chi connectivity index (χ2v) is 9.42. The Morgan fingerprint density at radius 3 is 2.77 bits per heavy atom. The number of piperidine rings is 1. The van der Waals surface area contributed by atoms with Gasteiger partial charge in [0.05, 0.1) is 21.4 Å². The molecule has 1 atom stereocenters. The van der Waals surface area contributed by atoms with E-state index < -0.39 is 0 Å². The maximum atomic E-state index is 13.0. The molecule has 0 unspecified atom stereocenters. The largest absolute Gasteiger partial charge is 0.337 e. The smallest absolute Gasteiger partial charge is 0.277 e. The Balaban J connectivity index is 1.16. The lowest BCUT2D eigenvalue weighted by Gasteiger charge is -2.34. The maximum Gasteiger partial charge on any atom is 0.277 e. The second kappa shape index (κ2) is 8.70. The number of hydrogen-bond donors (Lipinski definition) is 1. The van der Waals surface area contributed by atoms with E-state index in [1.165, 1.54) is 14.6 Å². The van der Waals surface area contributed by atoms with Crippen LogP contribution in [0.2, 0.25) is 0 Å². The third-order valence-electron chi connectivity index (χ3n) is 6.34. The van der Waals surface area contributed by atoms with Gasteiger partial charge in [-0.15, -0.1) is 11.3 Å². The van der Waals surface area contributed by atoms with Crippen LogP contribution < -0.4 is 14.8 Å². The van der Waals surface area contributed by atoms with Gasteiger partial charge in [0.2, 0.25) is 0 Å². The van der Waals surface area contributed by atoms with Crippen molar-refractivity contribution in [3.63, 3.8) is 0 Å². The molecule has 0 radical (unpaired) electrons. The number of carbonyl (C=O) groups excluding carboxylic acids is 1. The summed E-state index contributed by atoms with van der Waals surface area (Å²) < 4.78 is 1.24. The number of aromatic amines is 1. The van der Waals surface area contributed by atoms with E-state index in [0.717, 1.165) is 63.4 Å². The van der Waals surface area contributed by atoms with Crippen molar-refractivity contribution in [1.82, 2.24) is 9.88 Å². The quantitative estimate of drug-likeness (QED) is 0.687. The van der Waals surface area contributed by atoms with E-state index in [0.29, 0.717) is 18.4 Å². The maximum absolute atomic E-state index is 13.0. The topological polar surface area (TPSA) is 55.0 Å². The van der Waals surface area contributed by atoms with Crippen LogP contribution in [-0.4, -0.2) is 61.6 Å². The second-order valence-electron chi connectivity index (χ2n) is 8.36. The molecule has 2 aromatic heterocycles. The number of benzene rings is 1. The van der Waals surface area contributed by atoms with Crippen molar-refractivity contribution in [2.24, 2.45) is 0 Å². The Morgan fingerprint density at radius 1 is 1.13 bits per heavy atom. The normalized spacial score (nSPS) is 20.6. The Labute approximate surface area is 181 Å². The van der Waals surface area contributed by atoms with E-state index in [9.17, 15) is 4.79 Å². The minimum absolute atomic E-state index is 0.301. The molecule has 7 heteroatoms. The van der Waals surface area contributed by atoms with Crippen LogP contribution in [0.5, 0.6) is 0 Å². The van der Waals surface area contributed by atoms with Gasteiger partial charge >= 0.3 is 0 Å². The van der Waals surface area contributed by atoms with Crippen LogP contribution in [0.1, 0.15) is 23.8 Å². The van der Waals surface area contributed by atoms with Crippen molar-refractivity contribution in [2.75, 3.05) is 50.7 Å². The highest BCUT2D eigenvalue weighted by Gasteiger charge is 2.31. The SMILES string of the molecule is O=C(C[NH+]1CCN(c2cccc[nH+]2)CC1)N1CCC[C@H](c2nc3ccccc3s2)C1. The van der Waals surface area contributed by atoms with Crippen LogP contribution in [0.3, 0.4) is 0 Å². The van der Waals surface area contributed by atoms with Crippen LogP contribution in [0.15, 0.2) is 48.7 Å². The number of quaternary nitrogens is 1. The van der Waals surface area contributed by atoms with E-state index in [4.69, 9.17) is 4.98 Å². The number of pyridine rings is 1. The van der Waals surface area contributed by atoms with E-state index in [-0.39, 0.29) is 0 Å². The monoisotopic (exact) mass is 423 g/mol. The van der Waals surface area contributed by atoms with Crippen molar-refractivity contribution in [3.05, 3.63) is 53.7 Å². The lowest BCUT2D eigenvalue weighted by atomic mass is 9.98. The molecule has 2 aliphatic rings. The first-order chi connectivity index (χ1) is 14.8. The molecule has 2 saturated heterocycles. The summed E-state index contributed by atoms with van der Waals surface area (Å²) in [7, 11) is 0. The predicted molar refractivity (Wildman–Crippen MR) is 119 cm³/mol. The summed E-state index contributed by atoms with van der Waals surface area (Å²) >= 11 is 1.79. The minimum atomic E-state index is 0.301. The number of fused-ring (bicyclic) bond motifs is 1. The highest BCUT2D eigenvalue weighted by atomic mass is 32.1. The first-order valence-corrected chi connectivity index (χ1v) is 11.8. The summed E-state index contributed by atoms with van der Waals surface area (Å²) in [6, 6.07) is 14.5. The molecule has 2 fully saturated rings. The lowest BCUT2D eigenvalue weighted by molar-refractivity contribution is -0.892. The molecule has 0 aliphatic carbocycles. The molecule has 2 N–H and O–H groups in total. The van der Waals surface area contributed by atoms with Crippen molar-refractivity contribution in [3.8, 4) is 0 Å². The Bertz CT molecular complexity index is 966. The average molecular weight is 424 g/mol. The minimum Gasteiger partial charge on any atom is -0.337 e. The van der Waals surface area contributed by atoms with Crippen LogP contribution in [0, 0.1) is 0 Å². The summed E-state index contributed by atoms with van der Waals surface area (Å²) in [4.78, 5) is 27.1. The van der Waals surface area contributed by atoms with Crippen molar-refractivity contribution in [1.29, 1.82) is 0 Å². The molecule has 30 heavy (non-hydrogen) atoms. The molecule has 156 valence electrons. The van der Waals surface area contributed by atoms with Gasteiger partial charge in [0, 0.05) is 25.1 Å². The zero-order valence-corrected chi connectivity index (χ0v) is 18.0. The van der Waals surface area contributed by atoms with Gasteiger partial charge in [-0.25, -0.2) is 9.97 Å². The molecule has 3 aromatic rings. The summed E-state index contributed by atoms with van der Waals surface area (Å²) in [6.45, 7) is 6.29. The first kappa shape index (κ1) is 19.5. The number of H-pyrrole nitrogens is 1. The summed E-state index contributed by atoms with van der Waals surface area (Å²) in [5.74, 6) is 1.84. The van der Waals surface area contributed by atoms with E-state index in [1.54, 1.807) is 11.3 Å². The van der Waals surface area contributed by atoms with Gasteiger partial charge < -0.3 is 9.80 Å². The summed E-state index contributed by atoms with van der Waals surface area (Å²) in [5, 5.41) is 1.19. The van der Waals surface area contributed by atoms with E-state index in [2.05, 4.69) is 45.1 Å². The number of piperazine rings is 1. The number of para-hydroxylation sites is 1. The molecule has 0 bridgehead atoms. The molecule has 1 amide bonds. The number of nitrogens with one attached hydrogen (secondary N) is 2. The molecule has 6 nitrogen and oxygen atoms in total. The zero-order valence-electron chi connectivity index (χ0n) is 17.2. The highest BCUT2D eigenvalue weighted by Crippen LogP contribution is 2.32. The van der Waals surface area contributed by atoms with E-state index >= 15 is 0 Å². The molecule has 1 aromatic carbocycles. The average Bonchev–Trinajstić information content (AvgIpc) is 3.25. The number of amides is 1. The highest BCUT2D eigenvalue weighted by molar-refractivity contribution is 7.18. The third-order valence-corrected chi connectivity index (χ3v) is 7.54. The van der Waals surface area contributed by atoms with Gasteiger partial charge in [0.15, 0.2) is 6.54 Å². The van der Waals surface area contributed by atoms with Crippen molar-refractivity contribution < 1.29 is 14.7 Å². The van der Waals surface area contributed by atoms with Crippen LogP contribution >= 0.6 is 11.3 Å². The van der Waals surface area contributed by atoms with Gasteiger partial charge in [-0.05, 0) is 31.0 Å². The fourth-order valence-corrected chi connectivity index (χ4v) is 5.71. The Hall–Kier alpha value is -2.51. The van der Waals surface area contributed by atoms with Gasteiger partial charge in [-0.3, -0.25) is 9.69 Å². The lowest BCUT2D eigenvalue weighted by Crippen LogP contribution is -3.16. The molecule has 2 aliphatic heterocycles. The molecular formula is C23H29N5OS+2. The molecule has 5 rings (SSSR count). The summed E-state index contributed by atoms with van der Waals surface area (Å²) in [5.41, 5.74) is 1.08. The Morgan fingerprint density at radius 2 is 1.97 bits per heavy atom. The summed E-state index contributed by atoms with van der Waals surface area (Å²) in [6.07, 6.45) is 4.16. The number of thiazole rings is 1. The molecule has 0 spiro atoms. The molecule has 0 saturated carbocycles.